The number of fused-ring (bicyclic) bond motifs is 1. The van der Waals surface area contributed by atoms with Crippen LogP contribution in [0.2, 0.25) is 0 Å². The lowest BCUT2D eigenvalue weighted by Crippen LogP contribution is -2.40. The molecule has 0 radical (unpaired) electrons. The summed E-state index contributed by atoms with van der Waals surface area (Å²) in [7, 11) is 0. The predicted molar refractivity (Wildman–Crippen MR) is 80.8 cm³/mol. The van der Waals surface area contributed by atoms with Gasteiger partial charge in [-0.3, -0.25) is 4.90 Å². The first kappa shape index (κ1) is 12.7. The molecular weight excluding hydrogens is 250 g/mol. The summed E-state index contributed by atoms with van der Waals surface area (Å²) in [5.74, 6) is 0. The van der Waals surface area contributed by atoms with Crippen molar-refractivity contribution in [2.45, 2.75) is 12.5 Å². The fourth-order valence-corrected chi connectivity index (χ4v) is 2.51. The number of benzene rings is 2. The van der Waals surface area contributed by atoms with Gasteiger partial charge in [0.15, 0.2) is 0 Å². The molecule has 0 saturated heterocycles. The number of hydrogen-bond donors (Lipinski definition) is 2. The average Bonchev–Trinajstić information content (AvgIpc) is 2.49. The second kappa shape index (κ2) is 5.35. The van der Waals surface area contributed by atoms with Gasteiger partial charge in [-0.2, -0.15) is 0 Å². The standard InChI is InChI=1S/C16H17N3O/c17-14-10-11-19(15-9-5-4-8-13(14)15)16(20)18-12-6-2-1-3-7-12/h1-9,14H,10-11,17H2,(H,18,20). The quantitative estimate of drug-likeness (QED) is 0.834. The van der Waals surface area contributed by atoms with E-state index in [2.05, 4.69) is 5.32 Å². The van der Waals surface area contributed by atoms with E-state index >= 15 is 0 Å². The van der Waals surface area contributed by atoms with E-state index in [-0.39, 0.29) is 12.1 Å². The molecule has 0 aliphatic carbocycles. The summed E-state index contributed by atoms with van der Waals surface area (Å²) in [6, 6.07) is 17.2. The summed E-state index contributed by atoms with van der Waals surface area (Å²) < 4.78 is 0. The third kappa shape index (κ3) is 2.38. The highest BCUT2D eigenvalue weighted by Crippen LogP contribution is 2.32. The first-order valence-corrected chi connectivity index (χ1v) is 6.74. The van der Waals surface area contributed by atoms with Crippen molar-refractivity contribution in [3.63, 3.8) is 0 Å². The Morgan fingerprint density at radius 3 is 2.60 bits per heavy atom. The molecule has 1 unspecified atom stereocenters. The maximum Gasteiger partial charge on any atom is 0.326 e. The zero-order chi connectivity index (χ0) is 13.9. The summed E-state index contributed by atoms with van der Waals surface area (Å²) in [5.41, 5.74) is 8.83. The van der Waals surface area contributed by atoms with Crippen molar-refractivity contribution in [2.75, 3.05) is 16.8 Å². The Balaban J connectivity index is 1.84. The number of carbonyl (C=O) groups is 1. The minimum absolute atomic E-state index is 0.00646. The fourth-order valence-electron chi connectivity index (χ4n) is 2.51. The molecule has 2 aromatic rings. The zero-order valence-electron chi connectivity index (χ0n) is 11.1. The fraction of sp³-hybridized carbons (Fsp3) is 0.188. The minimum atomic E-state index is -0.115. The van der Waals surface area contributed by atoms with Crippen LogP contribution < -0.4 is 16.0 Å². The number of anilines is 2. The van der Waals surface area contributed by atoms with E-state index in [4.69, 9.17) is 5.73 Å². The number of carbonyl (C=O) groups excluding carboxylic acids is 1. The molecule has 0 aromatic heterocycles. The van der Waals surface area contributed by atoms with Crippen molar-refractivity contribution >= 4 is 17.4 Å². The van der Waals surface area contributed by atoms with Crippen LogP contribution in [0.15, 0.2) is 54.6 Å². The third-order valence-electron chi connectivity index (χ3n) is 3.56. The molecule has 20 heavy (non-hydrogen) atoms. The number of rotatable bonds is 1. The van der Waals surface area contributed by atoms with E-state index in [1.165, 1.54) is 0 Å². The Morgan fingerprint density at radius 2 is 1.80 bits per heavy atom. The summed E-state index contributed by atoms with van der Waals surface area (Å²) in [4.78, 5) is 14.2. The second-order valence-electron chi connectivity index (χ2n) is 4.90. The molecule has 0 bridgehead atoms. The lowest BCUT2D eigenvalue weighted by molar-refractivity contribution is 0.256. The van der Waals surface area contributed by atoms with Gasteiger partial charge in [0.2, 0.25) is 0 Å². The first-order chi connectivity index (χ1) is 9.75. The van der Waals surface area contributed by atoms with E-state index in [1.807, 2.05) is 54.6 Å². The molecule has 2 aromatic carbocycles. The number of nitrogens with two attached hydrogens (primary N) is 1. The smallest absolute Gasteiger partial charge is 0.324 e. The maximum absolute atomic E-state index is 12.4. The van der Waals surface area contributed by atoms with E-state index in [1.54, 1.807) is 4.90 Å². The molecule has 0 spiro atoms. The molecule has 0 saturated carbocycles. The number of nitrogens with one attached hydrogen (secondary N) is 1. The number of urea groups is 1. The van der Waals surface area contributed by atoms with Crippen LogP contribution in [-0.2, 0) is 0 Å². The van der Waals surface area contributed by atoms with Crippen molar-refractivity contribution in [2.24, 2.45) is 5.73 Å². The van der Waals surface area contributed by atoms with Gasteiger partial charge in [0.25, 0.3) is 0 Å². The van der Waals surface area contributed by atoms with Crippen LogP contribution in [-0.4, -0.2) is 12.6 Å². The van der Waals surface area contributed by atoms with Crippen LogP contribution in [0.5, 0.6) is 0 Å². The maximum atomic E-state index is 12.4. The lowest BCUT2D eigenvalue weighted by atomic mass is 9.97. The summed E-state index contributed by atoms with van der Waals surface area (Å²) in [6.07, 6.45) is 0.777. The van der Waals surface area contributed by atoms with Crippen molar-refractivity contribution in [3.05, 3.63) is 60.2 Å². The third-order valence-corrected chi connectivity index (χ3v) is 3.56. The van der Waals surface area contributed by atoms with Gasteiger partial charge in [-0.25, -0.2) is 4.79 Å². The summed E-state index contributed by atoms with van der Waals surface area (Å²) >= 11 is 0. The highest BCUT2D eigenvalue weighted by Gasteiger charge is 2.26. The number of nitrogens with zero attached hydrogens (tertiary/aromatic N) is 1. The van der Waals surface area contributed by atoms with Crippen molar-refractivity contribution in [3.8, 4) is 0 Å². The topological polar surface area (TPSA) is 58.4 Å². The molecule has 1 atom stereocenters. The van der Waals surface area contributed by atoms with Gasteiger partial charge in [0, 0.05) is 18.3 Å². The van der Waals surface area contributed by atoms with Gasteiger partial charge >= 0.3 is 6.03 Å². The van der Waals surface area contributed by atoms with Gasteiger partial charge in [-0.15, -0.1) is 0 Å². The minimum Gasteiger partial charge on any atom is -0.324 e. The normalized spacial score (nSPS) is 17.4. The van der Waals surface area contributed by atoms with Crippen LogP contribution in [0.3, 0.4) is 0 Å². The molecule has 1 aliphatic rings. The van der Waals surface area contributed by atoms with Crippen molar-refractivity contribution in [1.29, 1.82) is 0 Å². The molecule has 4 heteroatoms. The van der Waals surface area contributed by atoms with Gasteiger partial charge in [-0.05, 0) is 30.2 Å². The highest BCUT2D eigenvalue weighted by atomic mass is 16.2. The van der Waals surface area contributed by atoms with Crippen LogP contribution in [0.1, 0.15) is 18.0 Å². The van der Waals surface area contributed by atoms with Gasteiger partial charge in [0.1, 0.15) is 0 Å². The molecule has 1 heterocycles. The van der Waals surface area contributed by atoms with E-state index in [0.29, 0.717) is 6.54 Å². The monoisotopic (exact) mass is 267 g/mol. The molecule has 3 N–H and O–H groups in total. The Morgan fingerprint density at radius 1 is 1.10 bits per heavy atom. The summed E-state index contributed by atoms with van der Waals surface area (Å²) in [6.45, 7) is 0.636. The van der Waals surface area contributed by atoms with Crippen LogP contribution in [0.4, 0.5) is 16.2 Å². The molecule has 0 fully saturated rings. The zero-order valence-corrected chi connectivity index (χ0v) is 11.1. The molecule has 4 nitrogen and oxygen atoms in total. The molecule has 3 rings (SSSR count). The average molecular weight is 267 g/mol. The Bertz CT molecular complexity index is 612. The second-order valence-corrected chi connectivity index (χ2v) is 4.90. The van der Waals surface area contributed by atoms with Crippen LogP contribution in [0.25, 0.3) is 0 Å². The largest absolute Gasteiger partial charge is 0.326 e. The Hall–Kier alpha value is -2.33. The number of hydrogen-bond acceptors (Lipinski definition) is 2. The SMILES string of the molecule is NC1CCN(C(=O)Nc2ccccc2)c2ccccc21. The molecule has 2 amide bonds. The van der Waals surface area contributed by atoms with Crippen molar-refractivity contribution in [1.82, 2.24) is 0 Å². The van der Waals surface area contributed by atoms with Gasteiger partial charge in [0.05, 0.1) is 5.69 Å². The Labute approximate surface area is 118 Å². The van der Waals surface area contributed by atoms with Crippen LogP contribution >= 0.6 is 0 Å². The first-order valence-electron chi connectivity index (χ1n) is 6.74. The molecular formula is C16H17N3O. The van der Waals surface area contributed by atoms with Crippen LogP contribution in [0, 0.1) is 0 Å². The van der Waals surface area contributed by atoms with E-state index in [9.17, 15) is 4.79 Å². The Kier molecular flexibility index (Phi) is 3.39. The number of para-hydroxylation sites is 2. The highest BCUT2D eigenvalue weighted by molar-refractivity contribution is 6.02. The van der Waals surface area contributed by atoms with E-state index in [0.717, 1.165) is 23.4 Å². The lowest BCUT2D eigenvalue weighted by Gasteiger charge is -2.32. The predicted octanol–water partition coefficient (Wildman–Crippen LogP) is 3.13. The van der Waals surface area contributed by atoms with Gasteiger partial charge < -0.3 is 11.1 Å². The molecule has 1 aliphatic heterocycles. The van der Waals surface area contributed by atoms with Gasteiger partial charge in [-0.1, -0.05) is 36.4 Å². The number of amides is 2. The molecule has 102 valence electrons. The van der Waals surface area contributed by atoms with Crippen molar-refractivity contribution < 1.29 is 4.79 Å². The summed E-state index contributed by atoms with van der Waals surface area (Å²) in [5, 5.41) is 2.91. The van der Waals surface area contributed by atoms with E-state index < -0.39 is 0 Å².